The summed E-state index contributed by atoms with van der Waals surface area (Å²) < 4.78 is 96.8. The van der Waals surface area contributed by atoms with Gasteiger partial charge in [0.1, 0.15) is 98.7 Å². The molecule has 8 aromatic heterocycles. The Labute approximate surface area is 799 Å². The number of carbonyl (C=O) groups is 7. The molecular weight excluding hydrogens is 1900 g/mol. The van der Waals surface area contributed by atoms with E-state index in [0.29, 0.717) is 170 Å². The van der Waals surface area contributed by atoms with Gasteiger partial charge < -0.3 is 87.9 Å². The maximum absolute atomic E-state index is 13.2. The summed E-state index contributed by atoms with van der Waals surface area (Å²) in [5.74, 6) is -1.89. The Balaban J connectivity index is 0.000000175. The molecule has 9 heterocycles. The Morgan fingerprint density at radius 3 is 0.985 bits per heavy atom. The molecule has 0 fully saturated rings. The van der Waals surface area contributed by atoms with Gasteiger partial charge in [-0.1, -0.05) is 83.9 Å². The topological polar surface area (TPSA) is 442 Å². The molecule has 133 heavy (non-hydrogen) atoms. The lowest BCUT2D eigenvalue weighted by atomic mass is 10.0. The lowest BCUT2D eigenvalue weighted by Gasteiger charge is -2.19. The van der Waals surface area contributed by atoms with Gasteiger partial charge in [-0.3, -0.25) is 4.98 Å². The van der Waals surface area contributed by atoms with Gasteiger partial charge in [0.25, 0.3) is 0 Å². The zero-order chi connectivity index (χ0) is 96.8. The van der Waals surface area contributed by atoms with E-state index in [4.69, 9.17) is 111 Å². The number of hydrogen-bond donors (Lipinski definition) is 8. The number of pyridine rings is 1. The van der Waals surface area contributed by atoms with Crippen LogP contribution >= 0.6 is 103 Å². The number of fused-ring (bicyclic) bond motifs is 1. The fourth-order valence-electron chi connectivity index (χ4n) is 12.3. The smallest absolute Gasteiger partial charge is 0.416 e. The van der Waals surface area contributed by atoms with Crippen LogP contribution in [0.3, 0.4) is 0 Å². The summed E-state index contributed by atoms with van der Waals surface area (Å²) in [5.41, 5.74) is 53.1. The highest BCUT2D eigenvalue weighted by Crippen LogP contribution is 2.44. The van der Waals surface area contributed by atoms with Crippen molar-refractivity contribution >= 4 is 179 Å². The Bertz CT molecular complexity index is 6430. The van der Waals surface area contributed by atoms with Gasteiger partial charge >= 0.3 is 48.0 Å². The second-order valence-corrected chi connectivity index (χ2v) is 34.0. The summed E-state index contributed by atoms with van der Waals surface area (Å²) in [7, 11) is 0. The second kappa shape index (κ2) is 49.6. The van der Waals surface area contributed by atoms with E-state index in [1.165, 1.54) is 92.3 Å². The van der Waals surface area contributed by atoms with Crippen molar-refractivity contribution in [1.82, 2.24) is 4.98 Å². The average molecular weight is 1990 g/mol. The number of carbonyl (C=O) groups excluding carboxylic acids is 7. The van der Waals surface area contributed by atoms with Crippen molar-refractivity contribution in [3.05, 3.63) is 262 Å². The van der Waals surface area contributed by atoms with E-state index >= 15 is 0 Å². The van der Waals surface area contributed by atoms with Crippen molar-refractivity contribution in [2.75, 3.05) is 99.6 Å². The summed E-state index contributed by atoms with van der Waals surface area (Å²) in [4.78, 5) is 87.2. The van der Waals surface area contributed by atoms with Crippen molar-refractivity contribution in [3.8, 4) is 101 Å². The number of esters is 7. The standard InChI is InChI=1S/C15H15NO4S.C14H12F3NO2S.C14H12N2O2S.C13H11Cl2NO2S.C13H12FNO2S.C13H13NO3S.C12H12N2O2S/c1-2-18-15(17)13-10(8-21-14(13)16)9-3-4-11-12(7-9)20-6-5-19-11;1-2-20-13(19)11-10(7-21-12(11)18)8-3-5-9(6-4-8)14(15,16)17;1-2-18-14(17)12-11(8-19-13(12)16)10-5-3-4-9(6-10)7-15;1-2-18-13(17)11-8(6-19-12(11)16)7-3-4-9(14)10(15)5-7;1-2-17-13(16)11-10(7-18-12(11)15)8-4-3-5-9(14)6-8;1-2-17-13(16)11-10(7-18-12(11)14)8-3-5-9(15)6-4-8;1-2-16-12(15)10-9(7-17-11(10)13)8-3-5-14-6-4-8/h3-4,7-8H,2,5-6,16H2,1H3;3-7H,2,18H2,1H3;3-6,8H,2,16H2,1H3;3-6H,2,16H2,1H3;3-7H,2,15H2,1H3;3-7,15H,2,14H2,1H3;3-7H,2,13H2,1H3. The summed E-state index contributed by atoms with van der Waals surface area (Å²) in [6.45, 7) is 15.3. The molecule has 0 aliphatic carbocycles. The van der Waals surface area contributed by atoms with E-state index in [2.05, 4.69) is 11.1 Å². The zero-order valence-corrected chi connectivity index (χ0v) is 79.2. The third kappa shape index (κ3) is 27.1. The molecule has 14 aromatic rings. The third-order valence-electron chi connectivity index (χ3n) is 18.3. The number of anilines is 7. The van der Waals surface area contributed by atoms with Crippen molar-refractivity contribution in [2.45, 2.75) is 54.6 Å². The molecule has 0 saturated heterocycles. The fraction of sp³-hybridized carbons (Fsp3) is 0.181. The number of alkyl halides is 3. The van der Waals surface area contributed by atoms with Crippen molar-refractivity contribution in [3.63, 3.8) is 0 Å². The third-order valence-corrected chi connectivity index (χ3v) is 24.7. The molecule has 26 nitrogen and oxygen atoms in total. The van der Waals surface area contributed by atoms with Crippen LogP contribution in [0.25, 0.3) is 77.9 Å². The normalized spacial score (nSPS) is 10.9. The van der Waals surface area contributed by atoms with E-state index in [1.807, 2.05) is 52.5 Å². The Kier molecular flexibility index (Phi) is 38.5. The number of aromatic nitrogens is 1. The number of nitrogens with two attached hydrogens (primary N) is 7. The minimum atomic E-state index is -4.39. The highest BCUT2D eigenvalue weighted by molar-refractivity contribution is 7.17. The van der Waals surface area contributed by atoms with Gasteiger partial charge in [0.15, 0.2) is 11.5 Å². The Morgan fingerprint density at radius 1 is 0.376 bits per heavy atom. The van der Waals surface area contributed by atoms with E-state index in [0.717, 1.165) is 68.0 Å². The Hall–Kier alpha value is -13.6. The van der Waals surface area contributed by atoms with Crippen LogP contribution in [0, 0.1) is 17.1 Å². The maximum atomic E-state index is 13.2. The molecule has 0 saturated carbocycles. The first-order valence-electron chi connectivity index (χ1n) is 40.0. The zero-order valence-electron chi connectivity index (χ0n) is 72.0. The predicted octanol–water partition coefficient (Wildman–Crippen LogP) is 23.4. The molecule has 15 rings (SSSR count). The highest BCUT2D eigenvalue weighted by atomic mass is 35.5. The molecule has 0 spiro atoms. The van der Waals surface area contributed by atoms with Crippen LogP contribution in [0.2, 0.25) is 10.0 Å². The number of hydrogen-bond acceptors (Lipinski definition) is 33. The molecule has 0 radical (unpaired) electrons. The first-order chi connectivity index (χ1) is 63.8. The number of phenolic OH excluding ortho intramolecular Hbond substituents is 1. The second-order valence-electron chi connectivity index (χ2n) is 26.8. The van der Waals surface area contributed by atoms with Crippen LogP contribution in [0.1, 0.15) is 132 Å². The van der Waals surface area contributed by atoms with Gasteiger partial charge in [0.05, 0.1) is 73.5 Å². The monoisotopic (exact) mass is 1980 g/mol. The summed E-state index contributed by atoms with van der Waals surface area (Å²) >= 11 is 20.8. The molecule has 694 valence electrons. The van der Waals surface area contributed by atoms with E-state index in [1.54, 1.807) is 155 Å². The number of ether oxygens (including phenoxy) is 9. The first kappa shape index (κ1) is 103. The van der Waals surface area contributed by atoms with Crippen LogP contribution in [0.15, 0.2) is 196 Å². The molecule has 0 bridgehead atoms. The molecule has 15 N–H and O–H groups in total. The van der Waals surface area contributed by atoms with E-state index in [9.17, 15) is 56.2 Å². The number of nitrogens with zero attached hydrogens (tertiary/aromatic N) is 2. The van der Waals surface area contributed by atoms with E-state index < -0.39 is 47.6 Å². The maximum Gasteiger partial charge on any atom is 0.416 e. The van der Waals surface area contributed by atoms with Crippen molar-refractivity contribution in [1.29, 1.82) is 5.26 Å². The quantitative estimate of drug-likeness (QED) is 0.0188. The van der Waals surface area contributed by atoms with Crippen LogP contribution < -0.4 is 49.6 Å². The SMILES string of the molecule is CCOC(=O)c1c(-c2ccc(C(F)(F)F)cc2)csc1N.CCOC(=O)c1c(-c2ccc(Cl)c(Cl)c2)csc1N.CCOC(=O)c1c(-c2ccc(O)cc2)csc1N.CCOC(=O)c1c(-c2ccc3c(c2)OCCO3)csc1N.CCOC(=O)c1c(-c2cccc(C#N)c2)csc1N.CCOC(=O)c1c(-c2cccc(F)c2)csc1N.CCOC(=O)c1c(-c2ccncc2)csc1N. The van der Waals surface area contributed by atoms with Crippen molar-refractivity contribution < 1.29 is 98.9 Å². The molecule has 6 aromatic carbocycles. The van der Waals surface area contributed by atoms with Crippen LogP contribution in [0.4, 0.5) is 52.6 Å². The fourth-order valence-corrected chi connectivity index (χ4v) is 18.3. The van der Waals surface area contributed by atoms with Gasteiger partial charge in [0, 0.05) is 89.0 Å². The van der Waals surface area contributed by atoms with Gasteiger partial charge in [-0.2, -0.15) is 18.4 Å². The molecule has 0 unspecified atom stereocenters. The first-order valence-corrected chi connectivity index (χ1v) is 47.0. The number of nitriles is 1. The lowest BCUT2D eigenvalue weighted by Crippen LogP contribution is -2.15. The minimum Gasteiger partial charge on any atom is -0.508 e. The summed E-state index contributed by atoms with van der Waals surface area (Å²) in [6, 6.07) is 40.8. The number of thiophene rings is 7. The predicted molar refractivity (Wildman–Crippen MR) is 521 cm³/mol. The number of rotatable bonds is 21. The number of phenols is 1. The summed E-state index contributed by atoms with van der Waals surface area (Å²) in [5, 5.41) is 34.5. The van der Waals surface area contributed by atoms with Crippen molar-refractivity contribution in [2.24, 2.45) is 0 Å². The summed E-state index contributed by atoms with van der Waals surface area (Å²) in [6.07, 6.45) is -1.04. The highest BCUT2D eigenvalue weighted by Gasteiger charge is 2.32. The van der Waals surface area contributed by atoms with Gasteiger partial charge in [0.2, 0.25) is 0 Å². The van der Waals surface area contributed by atoms with Crippen LogP contribution in [0.5, 0.6) is 17.2 Å². The molecule has 0 amide bonds. The number of halogens is 6. The number of nitrogen functional groups attached to an aromatic ring is 7. The molecule has 1 aliphatic heterocycles. The molecule has 1 aliphatic rings. The molecule has 0 atom stereocenters. The Morgan fingerprint density at radius 2 is 0.662 bits per heavy atom. The van der Waals surface area contributed by atoms with Gasteiger partial charge in [-0.25, -0.2) is 38.0 Å². The van der Waals surface area contributed by atoms with Gasteiger partial charge in [-0.05, 0) is 172 Å². The number of benzene rings is 6. The lowest BCUT2D eigenvalue weighted by molar-refractivity contribution is -0.137. The van der Waals surface area contributed by atoms with Gasteiger partial charge in [-0.15, -0.1) is 79.4 Å². The van der Waals surface area contributed by atoms with E-state index in [-0.39, 0.29) is 41.3 Å². The van der Waals surface area contributed by atoms with Crippen LogP contribution in [-0.4, -0.2) is 111 Å². The molecule has 39 heteroatoms. The minimum absolute atomic E-state index is 0.180. The van der Waals surface area contributed by atoms with Crippen LogP contribution in [-0.2, 0) is 39.3 Å². The molecular formula is C94H87Cl2F4N9O17S7. The number of aromatic hydroxyl groups is 1. The largest absolute Gasteiger partial charge is 0.508 e. The average Bonchev–Trinajstić information content (AvgIpc) is 1.42.